The molecule has 0 fully saturated rings. The molecule has 0 radical (unpaired) electrons. The molecule has 2 N–H and O–H groups in total. The molecule has 0 bridgehead atoms. The zero-order valence-electron chi connectivity index (χ0n) is 13.9. The summed E-state index contributed by atoms with van der Waals surface area (Å²) in [7, 11) is 0. The third kappa shape index (κ3) is 5.60. The van der Waals surface area contributed by atoms with Gasteiger partial charge in [0.25, 0.3) is 5.91 Å². The average molecular weight is 422 g/mol. The Morgan fingerprint density at radius 2 is 1.85 bits per heavy atom. The third-order valence-corrected chi connectivity index (χ3v) is 4.90. The Hall–Kier alpha value is -2.28. The lowest BCUT2D eigenvalue weighted by atomic mass is 10.2. The summed E-state index contributed by atoms with van der Waals surface area (Å²) in [5.41, 5.74) is 1.94. The van der Waals surface area contributed by atoms with Crippen LogP contribution in [0.3, 0.4) is 0 Å². The van der Waals surface area contributed by atoms with Crippen LogP contribution in [0.25, 0.3) is 0 Å². The van der Waals surface area contributed by atoms with Gasteiger partial charge in [-0.15, -0.1) is 0 Å². The largest absolute Gasteiger partial charge is 0.322 e. The number of nitrogens with zero attached hydrogens (tertiary/aromatic N) is 1. The first-order valence-electron chi connectivity index (χ1n) is 7.86. The minimum absolute atomic E-state index is 0.0523. The van der Waals surface area contributed by atoms with Gasteiger partial charge in [0.1, 0.15) is 11.6 Å². The number of benzene rings is 2. The highest BCUT2D eigenvalue weighted by molar-refractivity contribution is 7.99. The molecule has 1 amide bonds. The fourth-order valence-electron chi connectivity index (χ4n) is 2.18. The number of carbonyl (C=O) groups is 1. The normalized spacial score (nSPS) is 10.5. The van der Waals surface area contributed by atoms with Crippen molar-refractivity contribution in [3.8, 4) is 0 Å². The van der Waals surface area contributed by atoms with Crippen molar-refractivity contribution in [1.82, 2.24) is 4.98 Å². The molecule has 0 saturated carbocycles. The summed E-state index contributed by atoms with van der Waals surface area (Å²) in [5.74, 6) is 0.385. The van der Waals surface area contributed by atoms with Crippen LogP contribution in [0.15, 0.2) is 60.8 Å². The number of nitrogens with one attached hydrogen (secondary N) is 2. The first-order chi connectivity index (χ1) is 13.0. The predicted molar refractivity (Wildman–Crippen MR) is 110 cm³/mol. The molecule has 1 heterocycles. The molecular formula is C19H14Cl2FN3OS. The maximum absolute atomic E-state index is 13.2. The first-order valence-corrected chi connectivity index (χ1v) is 9.60. The van der Waals surface area contributed by atoms with E-state index < -0.39 is 5.82 Å². The number of amides is 1. The van der Waals surface area contributed by atoms with E-state index in [0.717, 1.165) is 5.56 Å². The van der Waals surface area contributed by atoms with E-state index >= 15 is 0 Å². The van der Waals surface area contributed by atoms with Gasteiger partial charge in [-0.25, -0.2) is 9.37 Å². The van der Waals surface area contributed by atoms with Crippen molar-refractivity contribution in [2.24, 2.45) is 0 Å². The van der Waals surface area contributed by atoms with Gasteiger partial charge in [-0.2, -0.15) is 0 Å². The monoisotopic (exact) mass is 421 g/mol. The average Bonchev–Trinajstić information content (AvgIpc) is 2.66. The summed E-state index contributed by atoms with van der Waals surface area (Å²) < 4.78 is 16.3. The lowest BCUT2D eigenvalue weighted by molar-refractivity contribution is 0.102. The van der Waals surface area contributed by atoms with Crippen molar-refractivity contribution in [3.63, 3.8) is 0 Å². The maximum atomic E-state index is 13.2. The molecule has 27 heavy (non-hydrogen) atoms. The Morgan fingerprint density at radius 3 is 2.59 bits per heavy atom. The maximum Gasteiger partial charge on any atom is 0.255 e. The summed E-state index contributed by atoms with van der Waals surface area (Å²) >= 11 is 13.0. The molecule has 0 aliphatic rings. The second-order valence-corrected chi connectivity index (χ2v) is 7.16. The molecule has 0 atom stereocenters. The minimum Gasteiger partial charge on any atom is -0.322 e. The van der Waals surface area contributed by atoms with Crippen molar-refractivity contribution < 1.29 is 9.18 Å². The Morgan fingerprint density at radius 1 is 1.07 bits per heavy atom. The Balaban J connectivity index is 1.59. The van der Waals surface area contributed by atoms with E-state index in [4.69, 9.17) is 23.2 Å². The van der Waals surface area contributed by atoms with Crippen molar-refractivity contribution in [1.29, 1.82) is 0 Å². The van der Waals surface area contributed by atoms with Gasteiger partial charge in [-0.3, -0.25) is 4.79 Å². The van der Waals surface area contributed by atoms with Crippen molar-refractivity contribution in [2.75, 3.05) is 10.0 Å². The number of halogens is 3. The summed E-state index contributed by atoms with van der Waals surface area (Å²) in [6.07, 6.45) is 1.54. The van der Waals surface area contributed by atoms with E-state index in [0.29, 0.717) is 27.8 Å². The number of hydrogen-bond donors (Lipinski definition) is 2. The highest BCUT2D eigenvalue weighted by Gasteiger charge is 2.09. The number of carbonyl (C=O) groups excluding carboxylic acids is 1. The van der Waals surface area contributed by atoms with Crippen LogP contribution in [0.1, 0.15) is 15.9 Å². The molecule has 138 valence electrons. The van der Waals surface area contributed by atoms with Gasteiger partial charge in [0.05, 0.1) is 5.02 Å². The molecule has 3 aromatic rings. The molecule has 3 rings (SSSR count). The second kappa shape index (κ2) is 9.08. The first kappa shape index (κ1) is 19.5. The number of aromatic nitrogens is 1. The van der Waals surface area contributed by atoms with Crippen LogP contribution in [-0.2, 0) is 5.75 Å². The van der Waals surface area contributed by atoms with Crippen LogP contribution < -0.4 is 10.0 Å². The topological polar surface area (TPSA) is 54.0 Å². The third-order valence-electron chi connectivity index (χ3n) is 3.53. The molecule has 1 aromatic heterocycles. The van der Waals surface area contributed by atoms with Gasteiger partial charge in [0, 0.05) is 28.2 Å². The predicted octanol–water partition coefficient (Wildman–Crippen LogP) is 6.04. The number of rotatable bonds is 6. The van der Waals surface area contributed by atoms with Gasteiger partial charge in [0.2, 0.25) is 0 Å². The van der Waals surface area contributed by atoms with E-state index in [1.165, 1.54) is 36.3 Å². The summed E-state index contributed by atoms with van der Waals surface area (Å²) in [4.78, 5) is 16.6. The molecule has 0 saturated heterocycles. The van der Waals surface area contributed by atoms with Crippen LogP contribution in [0.4, 0.5) is 15.9 Å². The fourth-order valence-corrected chi connectivity index (χ4v) is 3.18. The second-order valence-electron chi connectivity index (χ2n) is 5.53. The highest BCUT2D eigenvalue weighted by Crippen LogP contribution is 2.21. The van der Waals surface area contributed by atoms with Gasteiger partial charge in [0.15, 0.2) is 0 Å². The zero-order chi connectivity index (χ0) is 19.2. The van der Waals surface area contributed by atoms with Gasteiger partial charge in [-0.1, -0.05) is 35.3 Å². The minimum atomic E-state index is -0.539. The smallest absolute Gasteiger partial charge is 0.255 e. The molecule has 4 nitrogen and oxygen atoms in total. The van der Waals surface area contributed by atoms with Crippen LogP contribution in [0.2, 0.25) is 10.0 Å². The molecule has 0 unspecified atom stereocenters. The summed E-state index contributed by atoms with van der Waals surface area (Å²) in [5, 5.41) is 3.32. The lowest BCUT2D eigenvalue weighted by Gasteiger charge is -2.08. The Bertz CT molecular complexity index is 954. The number of anilines is 2. The number of pyridine rings is 1. The van der Waals surface area contributed by atoms with Gasteiger partial charge >= 0.3 is 0 Å². The van der Waals surface area contributed by atoms with Crippen LogP contribution in [-0.4, -0.2) is 10.9 Å². The van der Waals surface area contributed by atoms with Crippen LogP contribution in [0.5, 0.6) is 0 Å². The number of hydrogen-bond acceptors (Lipinski definition) is 4. The van der Waals surface area contributed by atoms with E-state index in [9.17, 15) is 9.18 Å². The molecule has 8 heteroatoms. The van der Waals surface area contributed by atoms with E-state index in [1.807, 2.05) is 24.3 Å². The zero-order valence-corrected chi connectivity index (χ0v) is 16.2. The van der Waals surface area contributed by atoms with Gasteiger partial charge < -0.3 is 10.0 Å². The van der Waals surface area contributed by atoms with E-state index in [-0.39, 0.29) is 10.9 Å². The molecule has 0 aliphatic heterocycles. The molecule has 2 aromatic carbocycles. The van der Waals surface area contributed by atoms with E-state index in [1.54, 1.807) is 12.1 Å². The van der Waals surface area contributed by atoms with Crippen molar-refractivity contribution >= 4 is 52.6 Å². The SMILES string of the molecule is O=C(Nc1ccc(F)c(Cl)c1)c1ccnc(NSCc2ccc(Cl)cc2)c1. The Labute approximate surface area is 170 Å². The van der Waals surface area contributed by atoms with Gasteiger partial charge in [-0.05, 0) is 60.0 Å². The molecule has 0 spiro atoms. The van der Waals surface area contributed by atoms with E-state index in [2.05, 4.69) is 15.0 Å². The van der Waals surface area contributed by atoms with Crippen molar-refractivity contribution in [2.45, 2.75) is 5.75 Å². The van der Waals surface area contributed by atoms with Crippen LogP contribution in [0, 0.1) is 5.82 Å². The highest BCUT2D eigenvalue weighted by atomic mass is 35.5. The molecular weight excluding hydrogens is 408 g/mol. The van der Waals surface area contributed by atoms with Crippen molar-refractivity contribution in [3.05, 3.63) is 87.8 Å². The lowest BCUT2D eigenvalue weighted by Crippen LogP contribution is -2.12. The standard InChI is InChI=1S/C19H14Cl2FN3OS/c20-14-3-1-12(2-4-14)11-27-25-18-9-13(7-8-23-18)19(26)24-15-5-6-17(22)16(21)10-15/h1-10H,11H2,(H,23,25)(H,24,26). The Kier molecular flexibility index (Phi) is 6.55. The van der Waals surface area contributed by atoms with Crippen LogP contribution >= 0.6 is 35.1 Å². The summed E-state index contributed by atoms with van der Waals surface area (Å²) in [6.45, 7) is 0. The quantitative estimate of drug-likeness (QED) is 0.476. The molecule has 0 aliphatic carbocycles. The summed E-state index contributed by atoms with van der Waals surface area (Å²) in [6, 6.07) is 14.8. The fraction of sp³-hybridized carbons (Fsp3) is 0.0526.